The molecule has 3 aromatic carbocycles. The smallest absolute Gasteiger partial charge is 0.243 e. The van der Waals surface area contributed by atoms with Crippen molar-refractivity contribution in [3.8, 4) is 5.75 Å². The number of benzene rings is 3. The maximum atomic E-state index is 13.9. The summed E-state index contributed by atoms with van der Waals surface area (Å²) in [5, 5.41) is 3.31. The molecule has 5 heteroatoms. The molecule has 0 heterocycles. The molecule has 0 bridgehead atoms. The summed E-state index contributed by atoms with van der Waals surface area (Å²) in [7, 11) is 1.64. The van der Waals surface area contributed by atoms with E-state index in [2.05, 4.69) is 36.5 Å². The Morgan fingerprint density at radius 1 is 0.895 bits per heavy atom. The highest BCUT2D eigenvalue weighted by Crippen LogP contribution is 2.22. The molecule has 1 saturated carbocycles. The number of carbonyl (C=O) groups excluding carboxylic acids is 2. The molecule has 0 spiro atoms. The molecule has 1 fully saturated rings. The first kappa shape index (κ1) is 27.4. The second-order valence-corrected chi connectivity index (χ2v) is 10.4. The van der Waals surface area contributed by atoms with Gasteiger partial charge in [-0.2, -0.15) is 0 Å². The SMILES string of the molecule is COc1cccc(CN(C(=O)CCc2ccc(C)cc2)[C@H](Cc2ccccc2)C(=O)NC2CCCCC2)c1. The highest BCUT2D eigenvalue weighted by molar-refractivity contribution is 5.88. The minimum absolute atomic E-state index is 0.0203. The highest BCUT2D eigenvalue weighted by Gasteiger charge is 2.31. The summed E-state index contributed by atoms with van der Waals surface area (Å²) in [6.07, 6.45) is 6.95. The van der Waals surface area contributed by atoms with Crippen LogP contribution < -0.4 is 10.1 Å². The first-order chi connectivity index (χ1) is 18.5. The van der Waals surface area contributed by atoms with E-state index < -0.39 is 6.04 Å². The van der Waals surface area contributed by atoms with E-state index in [-0.39, 0.29) is 17.9 Å². The minimum Gasteiger partial charge on any atom is -0.497 e. The predicted octanol–water partition coefficient (Wildman–Crippen LogP) is 6.03. The fourth-order valence-corrected chi connectivity index (χ4v) is 5.22. The summed E-state index contributed by atoms with van der Waals surface area (Å²) in [6, 6.07) is 25.6. The molecule has 3 aromatic rings. The topological polar surface area (TPSA) is 58.6 Å². The Morgan fingerprint density at radius 2 is 1.61 bits per heavy atom. The van der Waals surface area contributed by atoms with Gasteiger partial charge in [0.2, 0.25) is 11.8 Å². The molecule has 0 radical (unpaired) electrons. The van der Waals surface area contributed by atoms with Gasteiger partial charge in [-0.15, -0.1) is 0 Å². The molecule has 1 aliphatic rings. The quantitative estimate of drug-likeness (QED) is 0.342. The van der Waals surface area contributed by atoms with Crippen molar-refractivity contribution in [3.05, 3.63) is 101 Å². The van der Waals surface area contributed by atoms with Gasteiger partial charge in [0.25, 0.3) is 0 Å². The van der Waals surface area contributed by atoms with Gasteiger partial charge in [0.1, 0.15) is 11.8 Å². The number of nitrogens with zero attached hydrogens (tertiary/aromatic N) is 1. The fraction of sp³-hybridized carbons (Fsp3) is 0.394. The normalized spacial score (nSPS) is 14.5. The van der Waals surface area contributed by atoms with Crippen LogP contribution in [0, 0.1) is 6.92 Å². The molecule has 0 aliphatic heterocycles. The number of hydrogen-bond donors (Lipinski definition) is 1. The molecule has 0 aromatic heterocycles. The number of hydrogen-bond acceptors (Lipinski definition) is 3. The summed E-state index contributed by atoms with van der Waals surface area (Å²) in [5.74, 6) is 0.654. The second kappa shape index (κ2) is 13.8. The number of amides is 2. The zero-order valence-electron chi connectivity index (χ0n) is 22.7. The van der Waals surface area contributed by atoms with E-state index in [0.717, 1.165) is 48.1 Å². The van der Waals surface area contributed by atoms with Crippen LogP contribution in [-0.2, 0) is 29.0 Å². The van der Waals surface area contributed by atoms with Gasteiger partial charge in [-0.1, -0.05) is 91.6 Å². The zero-order valence-corrected chi connectivity index (χ0v) is 22.7. The Balaban J connectivity index is 1.61. The van der Waals surface area contributed by atoms with Crippen molar-refractivity contribution in [1.29, 1.82) is 0 Å². The predicted molar refractivity (Wildman–Crippen MR) is 152 cm³/mol. The van der Waals surface area contributed by atoms with Crippen LogP contribution in [0.4, 0.5) is 0 Å². The van der Waals surface area contributed by atoms with Crippen LogP contribution in [0.1, 0.15) is 60.8 Å². The van der Waals surface area contributed by atoms with Crippen LogP contribution in [0.2, 0.25) is 0 Å². The number of ether oxygens (including phenoxy) is 1. The molecule has 38 heavy (non-hydrogen) atoms. The molecule has 1 aliphatic carbocycles. The third kappa shape index (κ3) is 7.95. The molecular weight excluding hydrogens is 472 g/mol. The van der Waals surface area contributed by atoms with Gasteiger partial charge in [-0.3, -0.25) is 9.59 Å². The summed E-state index contributed by atoms with van der Waals surface area (Å²) >= 11 is 0. The lowest BCUT2D eigenvalue weighted by Crippen LogP contribution is -2.52. The van der Waals surface area contributed by atoms with Crippen molar-refractivity contribution in [2.45, 2.75) is 76.9 Å². The van der Waals surface area contributed by atoms with Gasteiger partial charge < -0.3 is 15.0 Å². The van der Waals surface area contributed by atoms with Gasteiger partial charge in [-0.25, -0.2) is 0 Å². The van der Waals surface area contributed by atoms with Gasteiger partial charge in [0.15, 0.2) is 0 Å². The Morgan fingerprint density at radius 3 is 2.32 bits per heavy atom. The monoisotopic (exact) mass is 512 g/mol. The fourth-order valence-electron chi connectivity index (χ4n) is 5.22. The Kier molecular flexibility index (Phi) is 9.97. The molecule has 0 unspecified atom stereocenters. The van der Waals surface area contributed by atoms with Crippen LogP contribution >= 0.6 is 0 Å². The highest BCUT2D eigenvalue weighted by atomic mass is 16.5. The second-order valence-electron chi connectivity index (χ2n) is 10.4. The number of nitrogens with one attached hydrogen (secondary N) is 1. The largest absolute Gasteiger partial charge is 0.497 e. The average Bonchev–Trinajstić information content (AvgIpc) is 2.95. The molecule has 4 rings (SSSR count). The lowest BCUT2D eigenvalue weighted by atomic mass is 9.94. The lowest BCUT2D eigenvalue weighted by Gasteiger charge is -2.33. The maximum Gasteiger partial charge on any atom is 0.243 e. The molecule has 0 saturated heterocycles. The van der Waals surface area contributed by atoms with Crippen molar-refractivity contribution in [2.75, 3.05) is 7.11 Å². The first-order valence-corrected chi connectivity index (χ1v) is 13.8. The van der Waals surface area contributed by atoms with E-state index in [1.54, 1.807) is 12.0 Å². The first-order valence-electron chi connectivity index (χ1n) is 13.8. The number of methoxy groups -OCH3 is 1. The summed E-state index contributed by atoms with van der Waals surface area (Å²) in [5.41, 5.74) is 4.30. The van der Waals surface area contributed by atoms with E-state index in [1.165, 1.54) is 12.0 Å². The Bertz CT molecular complexity index is 1170. The standard InChI is InChI=1S/C33H40N2O3/c1-25-16-18-26(19-17-25)20-21-32(36)35(24-28-12-9-15-30(22-28)38-2)31(23-27-10-5-3-6-11-27)33(37)34-29-13-7-4-8-14-29/h3,5-6,9-12,15-19,22,29,31H,4,7-8,13-14,20-21,23-24H2,1-2H3,(H,34,37)/t31-/m1/s1. The molecular formula is C33H40N2O3. The Labute approximate surface area is 227 Å². The maximum absolute atomic E-state index is 13.9. The van der Waals surface area contributed by atoms with Crippen molar-refractivity contribution in [1.82, 2.24) is 10.2 Å². The number of aryl methyl sites for hydroxylation is 2. The van der Waals surface area contributed by atoms with Crippen LogP contribution in [0.5, 0.6) is 5.75 Å². The molecule has 2 amide bonds. The third-order valence-corrected chi connectivity index (χ3v) is 7.46. The molecule has 1 atom stereocenters. The van der Waals surface area contributed by atoms with Gasteiger partial charge >= 0.3 is 0 Å². The van der Waals surface area contributed by atoms with E-state index in [4.69, 9.17) is 4.74 Å². The van der Waals surface area contributed by atoms with Crippen LogP contribution in [0.15, 0.2) is 78.9 Å². The van der Waals surface area contributed by atoms with Crippen molar-refractivity contribution in [3.63, 3.8) is 0 Å². The van der Waals surface area contributed by atoms with Gasteiger partial charge in [0, 0.05) is 25.4 Å². The van der Waals surface area contributed by atoms with Crippen molar-refractivity contribution < 1.29 is 14.3 Å². The third-order valence-electron chi connectivity index (χ3n) is 7.46. The van der Waals surface area contributed by atoms with Gasteiger partial charge in [-0.05, 0) is 55.0 Å². The zero-order chi connectivity index (χ0) is 26.7. The lowest BCUT2D eigenvalue weighted by molar-refractivity contribution is -0.141. The van der Waals surface area contributed by atoms with E-state index in [1.807, 2.05) is 54.6 Å². The summed E-state index contributed by atoms with van der Waals surface area (Å²) in [4.78, 5) is 29.5. The summed E-state index contributed by atoms with van der Waals surface area (Å²) < 4.78 is 5.43. The Hall–Kier alpha value is -3.60. The minimum atomic E-state index is -0.601. The molecule has 5 nitrogen and oxygen atoms in total. The molecule has 1 N–H and O–H groups in total. The molecule has 200 valence electrons. The van der Waals surface area contributed by atoms with E-state index >= 15 is 0 Å². The number of rotatable bonds is 11. The number of carbonyl (C=O) groups is 2. The van der Waals surface area contributed by atoms with E-state index in [9.17, 15) is 9.59 Å². The van der Waals surface area contributed by atoms with E-state index in [0.29, 0.717) is 25.8 Å². The van der Waals surface area contributed by atoms with Crippen LogP contribution in [0.3, 0.4) is 0 Å². The average molecular weight is 513 g/mol. The van der Waals surface area contributed by atoms with Gasteiger partial charge in [0.05, 0.1) is 7.11 Å². The van der Waals surface area contributed by atoms with Crippen molar-refractivity contribution >= 4 is 11.8 Å². The van der Waals surface area contributed by atoms with Crippen LogP contribution in [0.25, 0.3) is 0 Å². The summed E-state index contributed by atoms with van der Waals surface area (Å²) in [6.45, 7) is 2.41. The van der Waals surface area contributed by atoms with Crippen molar-refractivity contribution in [2.24, 2.45) is 0 Å². The van der Waals surface area contributed by atoms with Crippen LogP contribution in [-0.4, -0.2) is 35.9 Å².